The first kappa shape index (κ1) is 11.8. The van der Waals surface area contributed by atoms with E-state index in [2.05, 4.69) is 0 Å². The molecule has 4 heteroatoms. The molecule has 0 spiro atoms. The Morgan fingerprint density at radius 2 is 1.73 bits per heavy atom. The highest BCUT2D eigenvalue weighted by Crippen LogP contribution is 2.23. The van der Waals surface area contributed by atoms with Gasteiger partial charge in [-0.25, -0.2) is 0 Å². The largest absolute Gasteiger partial charge is 0.458 e. The van der Waals surface area contributed by atoms with Gasteiger partial charge in [0.25, 0.3) is 0 Å². The van der Waals surface area contributed by atoms with Gasteiger partial charge in [0.15, 0.2) is 0 Å². The van der Waals surface area contributed by atoms with Gasteiger partial charge in [-0.15, -0.1) is 0 Å². The van der Waals surface area contributed by atoms with Crippen molar-refractivity contribution in [1.29, 1.82) is 0 Å². The second-order valence-electron chi connectivity index (χ2n) is 3.82. The highest BCUT2D eigenvalue weighted by atomic mass is 16.5. The number of esters is 2. The topological polar surface area (TPSA) is 52.6 Å². The second-order valence-corrected chi connectivity index (χ2v) is 3.82. The van der Waals surface area contributed by atoms with Crippen molar-refractivity contribution in [3.8, 4) is 0 Å². The van der Waals surface area contributed by atoms with E-state index in [0.717, 1.165) is 0 Å². The Balaban J connectivity index is 2.54. The molecule has 0 heterocycles. The zero-order valence-corrected chi connectivity index (χ0v) is 9.23. The first-order valence-electron chi connectivity index (χ1n) is 5.02. The monoisotopic (exact) mass is 212 g/mol. The summed E-state index contributed by atoms with van der Waals surface area (Å²) in [6, 6.07) is 0. The fourth-order valence-electron chi connectivity index (χ4n) is 1.65. The average molecular weight is 212 g/mol. The molecule has 1 aliphatic carbocycles. The number of carbonyl (C=O) groups is 2. The Morgan fingerprint density at radius 1 is 1.13 bits per heavy atom. The zero-order chi connectivity index (χ0) is 11.4. The second kappa shape index (κ2) is 4.96. The number of hydrogen-bond donors (Lipinski definition) is 0. The Labute approximate surface area is 89.2 Å². The lowest BCUT2D eigenvalue weighted by molar-refractivity contribution is -0.151. The van der Waals surface area contributed by atoms with E-state index in [1.54, 1.807) is 12.2 Å². The average Bonchev–Trinajstić information content (AvgIpc) is 2.08. The van der Waals surface area contributed by atoms with Crippen molar-refractivity contribution < 1.29 is 19.1 Å². The summed E-state index contributed by atoms with van der Waals surface area (Å²) in [5.74, 6) is -0.409. The van der Waals surface area contributed by atoms with Crippen LogP contribution in [0.25, 0.3) is 0 Å². The lowest BCUT2D eigenvalue weighted by Gasteiger charge is -2.28. The van der Waals surface area contributed by atoms with E-state index in [0.29, 0.717) is 6.42 Å². The maximum absolute atomic E-state index is 10.8. The number of ether oxygens (including phenoxy) is 2. The molecule has 0 N–H and O–H groups in total. The SMILES string of the molecule is CC(=O)O[C@H]1C=C[C@H](OC(C)=O)CC1C. The summed E-state index contributed by atoms with van der Waals surface area (Å²) in [5, 5.41) is 0. The molecule has 0 aromatic rings. The summed E-state index contributed by atoms with van der Waals surface area (Å²) in [6.45, 7) is 4.74. The predicted octanol–water partition coefficient (Wildman–Crippen LogP) is 1.45. The highest BCUT2D eigenvalue weighted by Gasteiger charge is 2.26. The Morgan fingerprint density at radius 3 is 2.20 bits per heavy atom. The summed E-state index contributed by atoms with van der Waals surface area (Å²) in [7, 11) is 0. The van der Waals surface area contributed by atoms with Crippen LogP contribution in [0.15, 0.2) is 12.2 Å². The van der Waals surface area contributed by atoms with E-state index in [1.807, 2.05) is 6.92 Å². The van der Waals surface area contributed by atoms with Gasteiger partial charge in [-0.05, 0) is 18.6 Å². The molecule has 0 radical (unpaired) electrons. The van der Waals surface area contributed by atoms with Gasteiger partial charge >= 0.3 is 11.9 Å². The van der Waals surface area contributed by atoms with Gasteiger partial charge in [-0.3, -0.25) is 9.59 Å². The van der Waals surface area contributed by atoms with Crippen LogP contribution in [-0.4, -0.2) is 24.1 Å². The van der Waals surface area contributed by atoms with E-state index in [9.17, 15) is 9.59 Å². The van der Waals surface area contributed by atoms with Crippen molar-refractivity contribution in [2.45, 2.75) is 39.4 Å². The van der Waals surface area contributed by atoms with Crippen LogP contribution in [0.1, 0.15) is 27.2 Å². The molecular formula is C11H16O4. The smallest absolute Gasteiger partial charge is 0.303 e. The molecule has 0 saturated carbocycles. The number of carbonyl (C=O) groups excluding carboxylic acids is 2. The van der Waals surface area contributed by atoms with Crippen LogP contribution in [0.2, 0.25) is 0 Å². The number of rotatable bonds is 2. The molecule has 0 aromatic heterocycles. The third kappa shape index (κ3) is 3.73. The standard InChI is InChI=1S/C11H16O4/c1-7-6-10(14-8(2)12)4-5-11(7)15-9(3)13/h4-5,7,10-11H,6H2,1-3H3/t7?,10-,11-/m0/s1. The van der Waals surface area contributed by atoms with Gasteiger partial charge in [0.05, 0.1) is 0 Å². The molecule has 1 rings (SSSR count). The van der Waals surface area contributed by atoms with Gasteiger partial charge in [-0.1, -0.05) is 6.92 Å². The molecule has 0 bridgehead atoms. The first-order valence-corrected chi connectivity index (χ1v) is 5.02. The van der Waals surface area contributed by atoms with E-state index >= 15 is 0 Å². The van der Waals surface area contributed by atoms with Crippen molar-refractivity contribution in [3.05, 3.63) is 12.2 Å². The summed E-state index contributed by atoms with van der Waals surface area (Å²) in [6.07, 6.45) is 3.85. The lowest BCUT2D eigenvalue weighted by atomic mass is 9.91. The van der Waals surface area contributed by atoms with Crippen LogP contribution in [0, 0.1) is 5.92 Å². The van der Waals surface area contributed by atoms with E-state index in [1.165, 1.54) is 13.8 Å². The molecule has 1 aliphatic rings. The van der Waals surface area contributed by atoms with Gasteiger partial charge in [0.1, 0.15) is 12.2 Å². The highest BCUT2D eigenvalue weighted by molar-refractivity contribution is 5.67. The van der Waals surface area contributed by atoms with E-state index in [-0.39, 0.29) is 30.1 Å². The van der Waals surface area contributed by atoms with Gasteiger partial charge in [0, 0.05) is 19.8 Å². The van der Waals surface area contributed by atoms with Crippen molar-refractivity contribution in [2.75, 3.05) is 0 Å². The van der Waals surface area contributed by atoms with Gasteiger partial charge < -0.3 is 9.47 Å². The number of hydrogen-bond acceptors (Lipinski definition) is 4. The fraction of sp³-hybridized carbons (Fsp3) is 0.636. The summed E-state index contributed by atoms with van der Waals surface area (Å²) < 4.78 is 10.1. The van der Waals surface area contributed by atoms with Crippen LogP contribution in [-0.2, 0) is 19.1 Å². The quantitative estimate of drug-likeness (QED) is 0.513. The van der Waals surface area contributed by atoms with Gasteiger partial charge in [-0.2, -0.15) is 0 Å². The fourth-order valence-corrected chi connectivity index (χ4v) is 1.65. The molecule has 0 fully saturated rings. The van der Waals surface area contributed by atoms with Crippen LogP contribution in [0.3, 0.4) is 0 Å². The Bertz CT molecular complexity index is 282. The third-order valence-electron chi connectivity index (χ3n) is 2.30. The molecule has 84 valence electrons. The van der Waals surface area contributed by atoms with E-state index < -0.39 is 0 Å². The molecule has 3 atom stereocenters. The van der Waals surface area contributed by atoms with Crippen LogP contribution >= 0.6 is 0 Å². The first-order chi connectivity index (χ1) is 6.99. The molecule has 1 unspecified atom stereocenters. The Kier molecular flexibility index (Phi) is 3.88. The molecule has 4 nitrogen and oxygen atoms in total. The predicted molar refractivity (Wildman–Crippen MR) is 54.0 cm³/mol. The van der Waals surface area contributed by atoms with E-state index in [4.69, 9.17) is 9.47 Å². The van der Waals surface area contributed by atoms with Crippen LogP contribution in [0.4, 0.5) is 0 Å². The third-order valence-corrected chi connectivity index (χ3v) is 2.30. The molecule has 0 aliphatic heterocycles. The maximum atomic E-state index is 10.8. The normalized spacial score (nSPS) is 29.7. The minimum atomic E-state index is -0.289. The van der Waals surface area contributed by atoms with Crippen molar-refractivity contribution in [2.24, 2.45) is 5.92 Å². The maximum Gasteiger partial charge on any atom is 0.303 e. The van der Waals surface area contributed by atoms with Crippen molar-refractivity contribution in [3.63, 3.8) is 0 Å². The molecule has 0 amide bonds. The zero-order valence-electron chi connectivity index (χ0n) is 9.23. The summed E-state index contributed by atoms with van der Waals surface area (Å²) in [4.78, 5) is 21.5. The van der Waals surface area contributed by atoms with Crippen LogP contribution in [0.5, 0.6) is 0 Å². The van der Waals surface area contributed by atoms with Crippen LogP contribution < -0.4 is 0 Å². The lowest BCUT2D eigenvalue weighted by Crippen LogP contribution is -2.31. The van der Waals surface area contributed by atoms with Crippen molar-refractivity contribution >= 4 is 11.9 Å². The molecular weight excluding hydrogens is 196 g/mol. The molecule has 0 aromatic carbocycles. The summed E-state index contributed by atoms with van der Waals surface area (Å²) in [5.41, 5.74) is 0. The van der Waals surface area contributed by atoms with Gasteiger partial charge in [0.2, 0.25) is 0 Å². The minimum absolute atomic E-state index is 0.170. The Hall–Kier alpha value is -1.32. The molecule has 15 heavy (non-hydrogen) atoms. The minimum Gasteiger partial charge on any atom is -0.458 e. The summed E-state index contributed by atoms with van der Waals surface area (Å²) >= 11 is 0. The molecule has 0 saturated heterocycles. The van der Waals surface area contributed by atoms with Crippen molar-refractivity contribution in [1.82, 2.24) is 0 Å².